The van der Waals surface area contributed by atoms with Gasteiger partial charge in [0.15, 0.2) is 0 Å². The number of para-hydroxylation sites is 1. The number of carbonyl (C=O) groups excluding carboxylic acids is 1. The van der Waals surface area contributed by atoms with Gasteiger partial charge in [0, 0.05) is 36.2 Å². The van der Waals surface area contributed by atoms with Gasteiger partial charge in [-0.2, -0.15) is 0 Å². The number of nitrogens with one attached hydrogen (secondary N) is 1. The molecule has 1 aliphatic heterocycles. The van der Waals surface area contributed by atoms with Crippen LogP contribution in [-0.4, -0.2) is 23.5 Å². The van der Waals surface area contributed by atoms with Crippen molar-refractivity contribution in [3.63, 3.8) is 0 Å². The van der Waals surface area contributed by atoms with Crippen LogP contribution in [0.3, 0.4) is 0 Å². The zero-order valence-electron chi connectivity index (χ0n) is 15.8. The van der Waals surface area contributed by atoms with E-state index in [2.05, 4.69) is 5.32 Å². The van der Waals surface area contributed by atoms with Crippen LogP contribution in [0.1, 0.15) is 30.5 Å². The first-order valence-electron chi connectivity index (χ1n) is 9.12. The molecule has 0 aromatic heterocycles. The fourth-order valence-corrected chi connectivity index (χ4v) is 3.11. The molecule has 0 spiro atoms. The third kappa shape index (κ3) is 4.49. The summed E-state index contributed by atoms with van der Waals surface area (Å²) in [5.41, 5.74) is 2.25. The Bertz CT molecular complexity index is 923. The van der Waals surface area contributed by atoms with E-state index in [-0.39, 0.29) is 24.2 Å². The van der Waals surface area contributed by atoms with Crippen molar-refractivity contribution in [3.8, 4) is 11.5 Å². The Hall–Kier alpha value is -3.35. The van der Waals surface area contributed by atoms with Crippen molar-refractivity contribution in [2.45, 2.75) is 32.9 Å². The number of hydrogen-bond donors (Lipinski definition) is 1. The molecule has 2 aromatic carbocycles. The fourth-order valence-electron chi connectivity index (χ4n) is 3.11. The molecule has 0 saturated heterocycles. The van der Waals surface area contributed by atoms with E-state index in [0.717, 1.165) is 29.0 Å². The van der Waals surface area contributed by atoms with E-state index in [0.29, 0.717) is 12.2 Å². The van der Waals surface area contributed by atoms with Crippen molar-refractivity contribution in [1.82, 2.24) is 5.32 Å². The lowest BCUT2D eigenvalue weighted by Gasteiger charge is -2.13. The van der Waals surface area contributed by atoms with Gasteiger partial charge in [-0.05, 0) is 38.1 Å². The van der Waals surface area contributed by atoms with Gasteiger partial charge in [0.1, 0.15) is 17.6 Å². The molecule has 0 radical (unpaired) electrons. The van der Waals surface area contributed by atoms with Gasteiger partial charge in [0.2, 0.25) is 5.91 Å². The predicted octanol–water partition coefficient (Wildman–Crippen LogP) is 3.65. The minimum absolute atomic E-state index is 0.0462. The molecule has 1 atom stereocenters. The van der Waals surface area contributed by atoms with Crippen LogP contribution in [0.15, 0.2) is 42.5 Å². The molecule has 28 heavy (non-hydrogen) atoms. The number of nitro benzene ring substituents is 1. The Morgan fingerprint density at radius 2 is 2.18 bits per heavy atom. The van der Waals surface area contributed by atoms with E-state index in [9.17, 15) is 14.9 Å². The van der Waals surface area contributed by atoms with Gasteiger partial charge >= 0.3 is 0 Å². The number of nitro groups is 1. The lowest BCUT2D eigenvalue weighted by molar-refractivity contribution is -0.385. The number of amides is 1. The Balaban J connectivity index is 1.70. The number of nitrogens with zero attached hydrogens (tertiary/aromatic N) is 1. The summed E-state index contributed by atoms with van der Waals surface area (Å²) in [6, 6.07) is 10.1. The maximum absolute atomic E-state index is 12.2. The maximum atomic E-state index is 12.2. The van der Waals surface area contributed by atoms with Crippen molar-refractivity contribution >= 4 is 17.7 Å². The summed E-state index contributed by atoms with van der Waals surface area (Å²) in [5, 5.41) is 13.8. The number of rotatable bonds is 7. The fraction of sp³-hybridized carbons (Fsp3) is 0.286. The van der Waals surface area contributed by atoms with Gasteiger partial charge in [-0.25, -0.2) is 0 Å². The highest BCUT2D eigenvalue weighted by Crippen LogP contribution is 2.35. The summed E-state index contributed by atoms with van der Waals surface area (Å²) in [7, 11) is 0. The van der Waals surface area contributed by atoms with Gasteiger partial charge in [0.25, 0.3) is 5.69 Å². The first-order chi connectivity index (χ1) is 13.5. The molecule has 0 bridgehead atoms. The van der Waals surface area contributed by atoms with E-state index in [1.54, 1.807) is 18.2 Å². The summed E-state index contributed by atoms with van der Waals surface area (Å²) >= 11 is 0. The van der Waals surface area contributed by atoms with Crippen LogP contribution in [0.5, 0.6) is 11.5 Å². The van der Waals surface area contributed by atoms with E-state index < -0.39 is 4.92 Å². The standard InChI is InChI=1S/C21H22N2O5/c1-3-27-19-11-16-10-14(2)28-20(16)12-17(19)13-22-21(24)9-8-15-6-4-5-7-18(15)23(25)26/h4-9,11-12,14H,3,10,13H2,1-2H3,(H,22,24)/b9-8+/t14-/m0/s1. The number of ether oxygens (including phenoxy) is 2. The minimum Gasteiger partial charge on any atom is -0.494 e. The van der Waals surface area contributed by atoms with Crippen molar-refractivity contribution in [3.05, 3.63) is 69.3 Å². The predicted molar refractivity (Wildman–Crippen MR) is 105 cm³/mol. The van der Waals surface area contributed by atoms with Crippen LogP contribution < -0.4 is 14.8 Å². The molecule has 0 saturated carbocycles. The van der Waals surface area contributed by atoms with E-state index in [4.69, 9.17) is 9.47 Å². The monoisotopic (exact) mass is 382 g/mol. The number of fused-ring (bicyclic) bond motifs is 1. The Morgan fingerprint density at radius 3 is 2.93 bits per heavy atom. The third-order valence-corrected chi connectivity index (χ3v) is 4.38. The second-order valence-corrected chi connectivity index (χ2v) is 6.50. The molecular formula is C21H22N2O5. The summed E-state index contributed by atoms with van der Waals surface area (Å²) in [6.07, 6.45) is 3.68. The Labute approximate surface area is 163 Å². The second kappa shape index (κ2) is 8.56. The molecule has 7 heteroatoms. The molecule has 1 amide bonds. The summed E-state index contributed by atoms with van der Waals surface area (Å²) in [4.78, 5) is 22.7. The van der Waals surface area contributed by atoms with Crippen LogP contribution in [0.4, 0.5) is 5.69 Å². The van der Waals surface area contributed by atoms with E-state index in [1.807, 2.05) is 26.0 Å². The van der Waals surface area contributed by atoms with Crippen LogP contribution >= 0.6 is 0 Å². The number of carbonyl (C=O) groups is 1. The molecule has 2 aromatic rings. The smallest absolute Gasteiger partial charge is 0.276 e. The molecular weight excluding hydrogens is 360 g/mol. The van der Waals surface area contributed by atoms with Crippen molar-refractivity contribution in [2.24, 2.45) is 0 Å². The average molecular weight is 382 g/mol. The van der Waals surface area contributed by atoms with Gasteiger partial charge < -0.3 is 14.8 Å². The van der Waals surface area contributed by atoms with E-state index in [1.165, 1.54) is 18.2 Å². The zero-order chi connectivity index (χ0) is 20.1. The molecule has 0 aliphatic carbocycles. The first kappa shape index (κ1) is 19.4. The zero-order valence-corrected chi connectivity index (χ0v) is 15.8. The lowest BCUT2D eigenvalue weighted by atomic mass is 10.1. The highest BCUT2D eigenvalue weighted by molar-refractivity contribution is 5.92. The largest absolute Gasteiger partial charge is 0.494 e. The molecule has 7 nitrogen and oxygen atoms in total. The quantitative estimate of drug-likeness (QED) is 0.448. The highest BCUT2D eigenvalue weighted by atomic mass is 16.6. The molecule has 1 heterocycles. The van der Waals surface area contributed by atoms with Gasteiger partial charge in [0.05, 0.1) is 17.1 Å². The normalized spacial score (nSPS) is 15.1. The SMILES string of the molecule is CCOc1cc2c(cc1CNC(=O)/C=C/c1ccccc1[N+](=O)[O-])O[C@@H](C)C2. The van der Waals surface area contributed by atoms with Crippen LogP contribution in [0.25, 0.3) is 6.08 Å². The van der Waals surface area contributed by atoms with Crippen LogP contribution in [0.2, 0.25) is 0 Å². The van der Waals surface area contributed by atoms with Crippen molar-refractivity contribution < 1.29 is 19.2 Å². The molecule has 3 rings (SSSR count). The summed E-state index contributed by atoms with van der Waals surface area (Å²) in [6.45, 7) is 4.70. The third-order valence-electron chi connectivity index (χ3n) is 4.38. The van der Waals surface area contributed by atoms with Crippen molar-refractivity contribution in [2.75, 3.05) is 6.61 Å². The van der Waals surface area contributed by atoms with Crippen molar-refractivity contribution in [1.29, 1.82) is 0 Å². The van der Waals surface area contributed by atoms with Gasteiger partial charge in [-0.1, -0.05) is 12.1 Å². The Morgan fingerprint density at radius 1 is 1.39 bits per heavy atom. The first-order valence-corrected chi connectivity index (χ1v) is 9.12. The average Bonchev–Trinajstić information content (AvgIpc) is 3.03. The molecule has 1 N–H and O–H groups in total. The van der Waals surface area contributed by atoms with Crippen LogP contribution in [-0.2, 0) is 17.8 Å². The molecule has 1 aliphatic rings. The minimum atomic E-state index is -0.475. The summed E-state index contributed by atoms with van der Waals surface area (Å²) in [5.74, 6) is 1.19. The van der Waals surface area contributed by atoms with Crippen LogP contribution in [0, 0.1) is 10.1 Å². The van der Waals surface area contributed by atoms with Gasteiger partial charge in [-0.3, -0.25) is 14.9 Å². The van der Waals surface area contributed by atoms with Gasteiger partial charge in [-0.15, -0.1) is 0 Å². The number of benzene rings is 2. The lowest BCUT2D eigenvalue weighted by Crippen LogP contribution is -2.20. The summed E-state index contributed by atoms with van der Waals surface area (Å²) < 4.78 is 11.5. The van der Waals surface area contributed by atoms with E-state index >= 15 is 0 Å². The highest BCUT2D eigenvalue weighted by Gasteiger charge is 2.22. The molecule has 0 fully saturated rings. The Kier molecular flexibility index (Phi) is 5.93. The maximum Gasteiger partial charge on any atom is 0.276 e. The second-order valence-electron chi connectivity index (χ2n) is 6.50. The topological polar surface area (TPSA) is 90.7 Å². The molecule has 0 unspecified atom stereocenters. The molecule has 146 valence electrons. The number of hydrogen-bond acceptors (Lipinski definition) is 5.